The van der Waals surface area contributed by atoms with Crippen LogP contribution in [0.25, 0.3) is 23.0 Å². The minimum absolute atomic E-state index is 0.222. The molecule has 0 amide bonds. The zero-order valence-electron chi connectivity index (χ0n) is 13.1. The first-order valence-electron chi connectivity index (χ1n) is 7.04. The molecule has 3 rings (SSSR count). The molecule has 114 valence electrons. The maximum absolute atomic E-state index is 5.79. The summed E-state index contributed by atoms with van der Waals surface area (Å²) in [6, 6.07) is 9.45. The molecule has 6 heteroatoms. The second-order valence-corrected chi connectivity index (χ2v) is 6.04. The van der Waals surface area contributed by atoms with E-state index in [0.29, 0.717) is 17.4 Å². The lowest BCUT2D eigenvalue weighted by molar-refractivity contribution is 0.131. The number of rotatable bonds is 3. The Labute approximate surface area is 128 Å². The summed E-state index contributed by atoms with van der Waals surface area (Å²) in [6.07, 6.45) is 1.83. The summed E-state index contributed by atoms with van der Waals surface area (Å²) in [7, 11) is 1.84. The van der Waals surface area contributed by atoms with E-state index >= 15 is 0 Å². The first-order chi connectivity index (χ1) is 10.4. The molecule has 0 radical (unpaired) electrons. The Bertz CT molecular complexity index is 766. The average Bonchev–Trinajstić information content (AvgIpc) is 3.06. The highest BCUT2D eigenvalue weighted by molar-refractivity contribution is 5.58. The van der Waals surface area contributed by atoms with Crippen molar-refractivity contribution in [2.24, 2.45) is 7.05 Å². The molecule has 2 aromatic heterocycles. The molecular formula is C16H18N4O2. The highest BCUT2D eigenvalue weighted by Gasteiger charge is 2.14. The predicted molar refractivity (Wildman–Crippen MR) is 82.3 cm³/mol. The first-order valence-corrected chi connectivity index (χ1v) is 7.04. The van der Waals surface area contributed by atoms with E-state index in [1.165, 1.54) is 0 Å². The highest BCUT2D eigenvalue weighted by atomic mass is 16.5. The maximum Gasteiger partial charge on any atom is 0.278 e. The minimum Gasteiger partial charge on any atom is -0.488 e. The molecule has 0 spiro atoms. The molecule has 0 aliphatic heterocycles. The Hall–Kier alpha value is -2.63. The van der Waals surface area contributed by atoms with Gasteiger partial charge in [0.2, 0.25) is 5.82 Å². The van der Waals surface area contributed by atoms with E-state index in [0.717, 1.165) is 11.3 Å². The van der Waals surface area contributed by atoms with Crippen molar-refractivity contribution in [2.45, 2.75) is 26.4 Å². The average molecular weight is 298 g/mol. The van der Waals surface area contributed by atoms with Crippen molar-refractivity contribution in [3.8, 4) is 28.7 Å². The van der Waals surface area contributed by atoms with E-state index in [2.05, 4.69) is 15.2 Å². The molecule has 6 nitrogen and oxygen atoms in total. The van der Waals surface area contributed by atoms with Crippen molar-refractivity contribution in [3.63, 3.8) is 0 Å². The Morgan fingerprint density at radius 2 is 1.82 bits per heavy atom. The third-order valence-corrected chi connectivity index (χ3v) is 2.90. The number of nitrogens with zero attached hydrogens (tertiary/aromatic N) is 4. The fraction of sp³-hybridized carbons (Fsp3) is 0.312. The van der Waals surface area contributed by atoms with Crippen LogP contribution in [0.3, 0.4) is 0 Å². The van der Waals surface area contributed by atoms with Crippen molar-refractivity contribution >= 4 is 0 Å². The van der Waals surface area contributed by atoms with Crippen molar-refractivity contribution in [1.29, 1.82) is 0 Å². The van der Waals surface area contributed by atoms with Crippen molar-refractivity contribution < 1.29 is 9.26 Å². The van der Waals surface area contributed by atoms with Crippen molar-refractivity contribution in [1.82, 2.24) is 19.9 Å². The van der Waals surface area contributed by atoms with E-state index in [4.69, 9.17) is 9.26 Å². The van der Waals surface area contributed by atoms with Crippen LogP contribution in [0.5, 0.6) is 5.75 Å². The van der Waals surface area contributed by atoms with Crippen LogP contribution in [0.15, 0.2) is 41.1 Å². The van der Waals surface area contributed by atoms with Crippen LogP contribution in [0.4, 0.5) is 0 Å². The summed E-state index contributed by atoms with van der Waals surface area (Å²) in [5.74, 6) is 1.75. The summed E-state index contributed by atoms with van der Waals surface area (Å²) < 4.78 is 12.7. The SMILES string of the molecule is Cn1ccc(-c2nc(-c3ccc(OC(C)(C)C)cc3)no2)n1. The summed E-state index contributed by atoms with van der Waals surface area (Å²) in [6.45, 7) is 6.04. The largest absolute Gasteiger partial charge is 0.488 e. The standard InChI is InChI=1S/C16H18N4O2/c1-16(2,3)21-12-7-5-11(6-8-12)14-17-15(22-19-14)13-9-10-20(4)18-13/h5-10H,1-4H3. The number of ether oxygens (including phenoxy) is 1. The monoisotopic (exact) mass is 298 g/mol. The molecule has 0 N–H and O–H groups in total. The number of benzene rings is 1. The summed E-state index contributed by atoms with van der Waals surface area (Å²) in [5.41, 5.74) is 1.31. The van der Waals surface area contributed by atoms with Gasteiger partial charge in [-0.05, 0) is 51.1 Å². The van der Waals surface area contributed by atoms with E-state index in [9.17, 15) is 0 Å². The van der Waals surface area contributed by atoms with Crippen LogP contribution in [0, 0.1) is 0 Å². The van der Waals surface area contributed by atoms with E-state index in [1.807, 2.05) is 64.3 Å². The topological polar surface area (TPSA) is 66.0 Å². The smallest absolute Gasteiger partial charge is 0.278 e. The van der Waals surface area contributed by atoms with Gasteiger partial charge in [-0.25, -0.2) is 0 Å². The third-order valence-electron chi connectivity index (χ3n) is 2.90. The van der Waals surface area contributed by atoms with Gasteiger partial charge in [-0.15, -0.1) is 0 Å². The van der Waals surface area contributed by atoms with Gasteiger partial charge in [0.1, 0.15) is 11.4 Å². The molecule has 0 fully saturated rings. The van der Waals surface area contributed by atoms with E-state index < -0.39 is 0 Å². The molecule has 0 aliphatic rings. The second-order valence-electron chi connectivity index (χ2n) is 6.04. The van der Waals surface area contributed by atoms with Crippen LogP contribution >= 0.6 is 0 Å². The number of aryl methyl sites for hydroxylation is 1. The van der Waals surface area contributed by atoms with Crippen molar-refractivity contribution in [2.75, 3.05) is 0 Å². The lowest BCUT2D eigenvalue weighted by Crippen LogP contribution is -2.22. The third kappa shape index (κ3) is 3.16. The summed E-state index contributed by atoms with van der Waals surface area (Å²) >= 11 is 0. The highest BCUT2D eigenvalue weighted by Crippen LogP contribution is 2.24. The molecular weight excluding hydrogens is 280 g/mol. The van der Waals surface area contributed by atoms with Gasteiger partial charge in [0.25, 0.3) is 5.89 Å². The Morgan fingerprint density at radius 3 is 2.41 bits per heavy atom. The molecule has 1 aromatic carbocycles. The molecule has 0 saturated heterocycles. The van der Waals surface area contributed by atoms with Gasteiger partial charge in [0.15, 0.2) is 5.69 Å². The lowest BCUT2D eigenvalue weighted by Gasteiger charge is -2.21. The molecule has 0 aliphatic carbocycles. The molecule has 2 heterocycles. The maximum atomic E-state index is 5.79. The van der Waals surface area contributed by atoms with Crippen LogP contribution in [-0.4, -0.2) is 25.5 Å². The fourth-order valence-electron chi connectivity index (χ4n) is 2.00. The molecule has 0 atom stereocenters. The summed E-state index contributed by atoms with van der Waals surface area (Å²) in [4.78, 5) is 4.37. The molecule has 0 bridgehead atoms. The van der Waals surface area contributed by atoms with Crippen LogP contribution in [-0.2, 0) is 7.05 Å². The van der Waals surface area contributed by atoms with Gasteiger partial charge in [0.05, 0.1) is 0 Å². The van der Waals surface area contributed by atoms with Gasteiger partial charge >= 0.3 is 0 Å². The van der Waals surface area contributed by atoms with Crippen LogP contribution in [0.2, 0.25) is 0 Å². The van der Waals surface area contributed by atoms with Crippen LogP contribution < -0.4 is 4.74 Å². The normalized spacial score (nSPS) is 11.6. The number of hydrogen-bond donors (Lipinski definition) is 0. The van der Waals surface area contributed by atoms with Crippen molar-refractivity contribution in [3.05, 3.63) is 36.5 Å². The van der Waals surface area contributed by atoms with E-state index in [1.54, 1.807) is 4.68 Å². The van der Waals surface area contributed by atoms with Gasteiger partial charge in [-0.3, -0.25) is 4.68 Å². The lowest BCUT2D eigenvalue weighted by atomic mass is 10.1. The molecule has 22 heavy (non-hydrogen) atoms. The van der Waals surface area contributed by atoms with Crippen LogP contribution in [0.1, 0.15) is 20.8 Å². The number of hydrogen-bond acceptors (Lipinski definition) is 5. The van der Waals surface area contributed by atoms with E-state index in [-0.39, 0.29) is 5.60 Å². The predicted octanol–water partition coefficient (Wildman–Crippen LogP) is 3.31. The Morgan fingerprint density at radius 1 is 1.09 bits per heavy atom. The second kappa shape index (κ2) is 5.29. The minimum atomic E-state index is -0.222. The Balaban J connectivity index is 1.81. The summed E-state index contributed by atoms with van der Waals surface area (Å²) in [5, 5.41) is 8.24. The molecule has 3 aromatic rings. The fourth-order valence-corrected chi connectivity index (χ4v) is 2.00. The number of aromatic nitrogens is 4. The quantitative estimate of drug-likeness (QED) is 0.742. The van der Waals surface area contributed by atoms with Gasteiger partial charge in [-0.2, -0.15) is 10.1 Å². The zero-order chi connectivity index (χ0) is 15.7. The first kappa shape index (κ1) is 14.3. The zero-order valence-corrected chi connectivity index (χ0v) is 13.1. The molecule has 0 unspecified atom stereocenters. The van der Waals surface area contributed by atoms with Gasteiger partial charge < -0.3 is 9.26 Å². The molecule has 0 saturated carbocycles. The van der Waals surface area contributed by atoms with Gasteiger partial charge in [0, 0.05) is 18.8 Å². The van der Waals surface area contributed by atoms with Gasteiger partial charge in [-0.1, -0.05) is 5.16 Å². The Kier molecular flexibility index (Phi) is 3.44.